The Morgan fingerprint density at radius 3 is 1.42 bits per heavy atom. The maximum absolute atomic E-state index is 10.9. The fourth-order valence-corrected chi connectivity index (χ4v) is 2.83. The molecular weight excluding hydrogens is 337 g/mol. The van der Waals surface area contributed by atoms with Crippen LogP contribution in [0.2, 0.25) is 0 Å². The van der Waals surface area contributed by atoms with Crippen molar-refractivity contribution in [3.63, 3.8) is 0 Å². The molecule has 0 saturated heterocycles. The van der Waals surface area contributed by atoms with Crippen molar-refractivity contribution in [2.45, 2.75) is 5.60 Å². The molecule has 3 rings (SSSR count). The van der Waals surface area contributed by atoms with E-state index in [-0.39, 0.29) is 29.6 Å². The molecule has 0 amide bonds. The Balaban J connectivity index is 0.00000243. The van der Waals surface area contributed by atoms with E-state index in [0.717, 1.165) is 22.9 Å². The van der Waals surface area contributed by atoms with Crippen LogP contribution in [0.4, 0.5) is 0 Å². The van der Waals surface area contributed by atoms with Crippen molar-refractivity contribution in [1.29, 1.82) is 0 Å². The van der Waals surface area contributed by atoms with Gasteiger partial charge in [0.05, 0.1) is 0 Å². The van der Waals surface area contributed by atoms with Gasteiger partial charge in [0, 0.05) is 16.7 Å². The minimum absolute atomic E-state index is 0. The van der Waals surface area contributed by atoms with Gasteiger partial charge < -0.3 is 9.94 Å². The van der Waals surface area contributed by atoms with E-state index >= 15 is 0 Å². The van der Waals surface area contributed by atoms with Crippen molar-refractivity contribution in [2.24, 2.45) is 5.16 Å². The summed E-state index contributed by atoms with van der Waals surface area (Å²) in [6.45, 7) is 0. The third-order valence-corrected chi connectivity index (χ3v) is 3.89. The third-order valence-electron chi connectivity index (χ3n) is 3.89. The minimum atomic E-state index is -1.16. The summed E-state index contributed by atoms with van der Waals surface area (Å²) in [5.41, 5.74) is 1.52. The fraction of sp³-hybridized carbons (Fsp3) is 0.0476. The first-order valence-corrected chi connectivity index (χ1v) is 7.84. The summed E-state index contributed by atoms with van der Waals surface area (Å²) < 4.78 is 0. The van der Waals surface area contributed by atoms with E-state index in [1.54, 1.807) is 0 Å². The van der Waals surface area contributed by atoms with E-state index in [1.165, 1.54) is 0 Å². The van der Waals surface area contributed by atoms with Crippen LogP contribution in [0.15, 0.2) is 96.2 Å². The standard InChI is InChI=1S/C21H17NO3.Na.H/c23-20(24)16-22-25-21(17-10-4-1-5-11-17,18-12-6-2-7-13-18)19-14-8-3-9-15-19;;/h1-16H,(H,23,24);;/b22-16+;;. The van der Waals surface area contributed by atoms with Gasteiger partial charge in [-0.1, -0.05) is 96.2 Å². The first kappa shape index (κ1) is 19.9. The fourth-order valence-electron chi connectivity index (χ4n) is 2.83. The number of aliphatic carboxylic acids is 1. The van der Waals surface area contributed by atoms with Crippen LogP contribution in [0.5, 0.6) is 0 Å². The van der Waals surface area contributed by atoms with Crippen LogP contribution < -0.4 is 0 Å². The van der Waals surface area contributed by atoms with Crippen molar-refractivity contribution in [2.75, 3.05) is 0 Å². The van der Waals surface area contributed by atoms with Gasteiger partial charge in [0.1, 0.15) is 0 Å². The Hall–Kier alpha value is -2.40. The molecule has 3 aromatic rings. The zero-order valence-corrected chi connectivity index (χ0v) is 13.4. The molecule has 0 aromatic heterocycles. The van der Waals surface area contributed by atoms with E-state index in [0.29, 0.717) is 0 Å². The van der Waals surface area contributed by atoms with Crippen molar-refractivity contribution in [3.8, 4) is 0 Å². The van der Waals surface area contributed by atoms with Crippen LogP contribution >= 0.6 is 0 Å². The number of hydrogen-bond acceptors (Lipinski definition) is 3. The van der Waals surface area contributed by atoms with Crippen molar-refractivity contribution >= 4 is 41.7 Å². The molecule has 0 heterocycles. The van der Waals surface area contributed by atoms with Crippen molar-refractivity contribution in [3.05, 3.63) is 108 Å². The third kappa shape index (κ3) is 4.22. The molecule has 0 atom stereocenters. The van der Waals surface area contributed by atoms with Crippen LogP contribution in [-0.4, -0.2) is 46.8 Å². The molecule has 3 aromatic carbocycles. The van der Waals surface area contributed by atoms with Crippen LogP contribution in [0.1, 0.15) is 16.7 Å². The summed E-state index contributed by atoms with van der Waals surface area (Å²) in [6.07, 6.45) is 0.754. The SMILES string of the molecule is O=C(O)/C=N/OC(c1ccccc1)(c1ccccc1)c1ccccc1.[NaH]. The monoisotopic (exact) mass is 355 g/mol. The molecular formula is C21H18NNaO3. The number of oxime groups is 1. The zero-order chi connectivity index (χ0) is 17.5. The average Bonchev–Trinajstić information content (AvgIpc) is 2.67. The van der Waals surface area contributed by atoms with E-state index in [9.17, 15) is 4.79 Å². The summed E-state index contributed by atoms with van der Waals surface area (Å²) in [5, 5.41) is 12.6. The summed E-state index contributed by atoms with van der Waals surface area (Å²) in [7, 11) is 0. The molecule has 0 aliphatic carbocycles. The van der Waals surface area contributed by atoms with Gasteiger partial charge in [0.15, 0.2) is 6.21 Å². The molecule has 5 heteroatoms. The van der Waals surface area contributed by atoms with E-state index in [4.69, 9.17) is 9.94 Å². The number of carboxylic acid groups (broad SMARTS) is 1. The molecule has 0 saturated carbocycles. The van der Waals surface area contributed by atoms with Crippen LogP contribution in [0.25, 0.3) is 0 Å². The van der Waals surface area contributed by atoms with E-state index in [1.807, 2.05) is 91.0 Å². The second kappa shape index (κ2) is 9.34. The van der Waals surface area contributed by atoms with Gasteiger partial charge in [0.2, 0.25) is 5.60 Å². The van der Waals surface area contributed by atoms with Crippen LogP contribution in [0, 0.1) is 0 Å². The Kier molecular flexibility index (Phi) is 7.16. The molecule has 0 fully saturated rings. The zero-order valence-electron chi connectivity index (χ0n) is 13.4. The Morgan fingerprint density at radius 2 is 1.12 bits per heavy atom. The van der Waals surface area contributed by atoms with Crippen LogP contribution in [0.3, 0.4) is 0 Å². The second-order valence-corrected chi connectivity index (χ2v) is 5.44. The predicted molar refractivity (Wildman–Crippen MR) is 104 cm³/mol. The first-order chi connectivity index (χ1) is 12.2. The summed E-state index contributed by atoms with van der Waals surface area (Å²) in [4.78, 5) is 16.8. The molecule has 1 N–H and O–H groups in total. The predicted octanol–water partition coefficient (Wildman–Crippen LogP) is 3.42. The van der Waals surface area contributed by atoms with E-state index < -0.39 is 11.6 Å². The van der Waals surface area contributed by atoms with Crippen molar-refractivity contribution in [1.82, 2.24) is 0 Å². The van der Waals surface area contributed by atoms with Gasteiger partial charge in [-0.2, -0.15) is 0 Å². The summed E-state index contributed by atoms with van der Waals surface area (Å²) in [5.74, 6) is -1.16. The first-order valence-electron chi connectivity index (χ1n) is 7.84. The number of benzene rings is 3. The van der Waals surface area contributed by atoms with Gasteiger partial charge >= 0.3 is 35.5 Å². The average molecular weight is 355 g/mol. The normalized spacial score (nSPS) is 10.9. The Labute approximate surface area is 174 Å². The molecule has 4 nitrogen and oxygen atoms in total. The summed E-state index contributed by atoms with van der Waals surface area (Å²) >= 11 is 0. The molecule has 126 valence electrons. The Bertz CT molecular complexity index is 756. The van der Waals surface area contributed by atoms with Crippen molar-refractivity contribution < 1.29 is 14.7 Å². The van der Waals surface area contributed by atoms with E-state index in [2.05, 4.69) is 5.16 Å². The molecule has 26 heavy (non-hydrogen) atoms. The molecule has 0 bridgehead atoms. The Morgan fingerprint density at radius 1 is 0.769 bits per heavy atom. The molecule has 0 radical (unpaired) electrons. The topological polar surface area (TPSA) is 58.9 Å². The second-order valence-electron chi connectivity index (χ2n) is 5.44. The van der Waals surface area contributed by atoms with Crippen LogP contribution in [-0.2, 0) is 15.2 Å². The summed E-state index contributed by atoms with van der Waals surface area (Å²) in [6, 6.07) is 28.9. The van der Waals surface area contributed by atoms with Gasteiger partial charge in [-0.3, -0.25) is 0 Å². The number of rotatable bonds is 6. The molecule has 0 aliphatic rings. The number of carbonyl (C=O) groups is 1. The molecule has 0 unspecified atom stereocenters. The number of nitrogens with zero attached hydrogens (tertiary/aromatic N) is 1. The molecule has 0 aliphatic heterocycles. The maximum atomic E-state index is 10.9. The van der Waals surface area contributed by atoms with Gasteiger partial charge in [-0.15, -0.1) is 0 Å². The van der Waals surface area contributed by atoms with Gasteiger partial charge in [-0.25, -0.2) is 4.79 Å². The number of carboxylic acids is 1. The van der Waals surface area contributed by atoms with Gasteiger partial charge in [0.25, 0.3) is 0 Å². The number of hydrogen-bond donors (Lipinski definition) is 1. The van der Waals surface area contributed by atoms with Gasteiger partial charge in [-0.05, 0) is 0 Å². The quantitative estimate of drug-likeness (QED) is 0.319. The molecule has 0 spiro atoms.